The maximum absolute atomic E-state index is 11.8. The molecule has 1 aliphatic rings. The van der Waals surface area contributed by atoms with Gasteiger partial charge in [-0.25, -0.2) is 0 Å². The fraction of sp³-hybridized carbons (Fsp3) is 0.846. The molecule has 1 atom stereocenters. The van der Waals surface area contributed by atoms with Gasteiger partial charge in [-0.15, -0.1) is 0 Å². The molecule has 6 heteroatoms. The first-order valence-corrected chi connectivity index (χ1v) is 6.86. The molecule has 0 spiro atoms. The van der Waals surface area contributed by atoms with E-state index in [1.54, 1.807) is 0 Å². The van der Waals surface area contributed by atoms with Crippen LogP contribution in [-0.2, 0) is 9.59 Å². The number of carbonyl (C=O) groups excluding carboxylic acids is 2. The molecule has 1 saturated carbocycles. The van der Waals surface area contributed by atoms with Crippen LogP contribution in [0.15, 0.2) is 0 Å². The van der Waals surface area contributed by atoms with E-state index >= 15 is 0 Å². The zero-order valence-corrected chi connectivity index (χ0v) is 11.9. The second-order valence-electron chi connectivity index (χ2n) is 5.67. The lowest BCUT2D eigenvalue weighted by molar-refractivity contribution is -0.126. The number of carbonyl (C=O) groups is 2. The minimum Gasteiger partial charge on any atom is -0.370 e. The van der Waals surface area contributed by atoms with Crippen molar-refractivity contribution in [3.05, 3.63) is 0 Å². The Hall–Kier alpha value is -1.14. The molecule has 6 nitrogen and oxygen atoms in total. The van der Waals surface area contributed by atoms with E-state index < -0.39 is 11.9 Å². The summed E-state index contributed by atoms with van der Waals surface area (Å²) in [6.07, 6.45) is 5.66. The van der Waals surface area contributed by atoms with Crippen LogP contribution in [-0.4, -0.2) is 48.9 Å². The summed E-state index contributed by atoms with van der Waals surface area (Å²) in [6, 6.07) is -0.847. The Morgan fingerprint density at radius 1 is 1.26 bits per heavy atom. The second-order valence-corrected chi connectivity index (χ2v) is 5.67. The first-order valence-electron chi connectivity index (χ1n) is 6.86. The van der Waals surface area contributed by atoms with Crippen LogP contribution in [0.4, 0.5) is 0 Å². The molecule has 2 amide bonds. The number of nitrogens with two attached hydrogens (primary N) is 2. The van der Waals surface area contributed by atoms with Crippen molar-refractivity contribution in [3.63, 3.8) is 0 Å². The van der Waals surface area contributed by atoms with E-state index in [1.807, 2.05) is 14.1 Å². The smallest absolute Gasteiger partial charge is 0.237 e. The van der Waals surface area contributed by atoms with Gasteiger partial charge in [0, 0.05) is 12.1 Å². The standard InChI is InChI=1S/C13H26N4O2/c1-17(2)13(6-4-3-5-7-13)9-16-12(19)10(14)8-11(15)18/h10H,3-9,14H2,1-2H3,(H2,15,18)(H,16,19). The van der Waals surface area contributed by atoms with Crippen LogP contribution in [0, 0.1) is 0 Å². The molecule has 5 N–H and O–H groups in total. The highest BCUT2D eigenvalue weighted by Gasteiger charge is 2.34. The summed E-state index contributed by atoms with van der Waals surface area (Å²) in [4.78, 5) is 24.8. The molecule has 0 bridgehead atoms. The maximum Gasteiger partial charge on any atom is 0.237 e. The van der Waals surface area contributed by atoms with E-state index in [-0.39, 0.29) is 17.9 Å². The minimum atomic E-state index is -0.847. The van der Waals surface area contributed by atoms with Gasteiger partial charge in [-0.3, -0.25) is 9.59 Å². The van der Waals surface area contributed by atoms with Crippen LogP contribution >= 0.6 is 0 Å². The van der Waals surface area contributed by atoms with Crippen molar-refractivity contribution in [2.24, 2.45) is 11.5 Å². The summed E-state index contributed by atoms with van der Waals surface area (Å²) in [6.45, 7) is 0.575. The predicted molar refractivity (Wildman–Crippen MR) is 74.3 cm³/mol. The number of nitrogens with one attached hydrogen (secondary N) is 1. The lowest BCUT2D eigenvalue weighted by Gasteiger charge is -2.43. The fourth-order valence-electron chi connectivity index (χ4n) is 2.68. The van der Waals surface area contributed by atoms with Gasteiger partial charge in [0.15, 0.2) is 0 Å². The van der Waals surface area contributed by atoms with Crippen molar-refractivity contribution in [1.82, 2.24) is 10.2 Å². The topological polar surface area (TPSA) is 101 Å². The molecule has 1 fully saturated rings. The van der Waals surface area contributed by atoms with Gasteiger partial charge in [-0.2, -0.15) is 0 Å². The molecule has 0 heterocycles. The molecule has 0 aromatic rings. The number of rotatable bonds is 6. The molecule has 0 aromatic carbocycles. The van der Waals surface area contributed by atoms with Gasteiger partial charge in [0.25, 0.3) is 0 Å². The zero-order chi connectivity index (χ0) is 14.5. The van der Waals surface area contributed by atoms with Crippen LogP contribution in [0.3, 0.4) is 0 Å². The molecule has 0 saturated heterocycles. The average molecular weight is 270 g/mol. The highest BCUT2D eigenvalue weighted by molar-refractivity contribution is 5.87. The summed E-state index contributed by atoms with van der Waals surface area (Å²) in [5.74, 6) is -0.853. The van der Waals surface area contributed by atoms with Crippen LogP contribution in [0.1, 0.15) is 38.5 Å². The Morgan fingerprint density at radius 2 is 1.84 bits per heavy atom. The highest BCUT2D eigenvalue weighted by atomic mass is 16.2. The van der Waals surface area contributed by atoms with Crippen molar-refractivity contribution in [1.29, 1.82) is 0 Å². The summed E-state index contributed by atoms with van der Waals surface area (Å²) in [5, 5.41) is 2.87. The fourth-order valence-corrected chi connectivity index (χ4v) is 2.68. The maximum atomic E-state index is 11.8. The summed E-state index contributed by atoms with van der Waals surface area (Å²) in [7, 11) is 4.08. The lowest BCUT2D eigenvalue weighted by Crippen LogP contribution is -2.56. The SMILES string of the molecule is CN(C)C1(CNC(=O)C(N)CC(N)=O)CCCCC1. The lowest BCUT2D eigenvalue weighted by atomic mass is 9.80. The molecule has 19 heavy (non-hydrogen) atoms. The monoisotopic (exact) mass is 270 g/mol. The number of hydrogen-bond acceptors (Lipinski definition) is 4. The number of likely N-dealkylation sites (N-methyl/N-ethyl adjacent to an activating group) is 1. The van der Waals surface area contributed by atoms with E-state index in [9.17, 15) is 9.59 Å². The average Bonchev–Trinajstić information content (AvgIpc) is 2.36. The van der Waals surface area contributed by atoms with Crippen LogP contribution < -0.4 is 16.8 Å². The quantitative estimate of drug-likeness (QED) is 0.609. The number of nitrogens with zero attached hydrogens (tertiary/aromatic N) is 1. The number of primary amides is 1. The Morgan fingerprint density at radius 3 is 2.32 bits per heavy atom. The van der Waals surface area contributed by atoms with Crippen LogP contribution in [0.5, 0.6) is 0 Å². The molecular formula is C13H26N4O2. The molecule has 1 rings (SSSR count). The van der Waals surface area contributed by atoms with E-state index in [4.69, 9.17) is 11.5 Å². The van der Waals surface area contributed by atoms with Crippen molar-refractivity contribution < 1.29 is 9.59 Å². The number of amides is 2. The molecule has 110 valence electrons. The second kappa shape index (κ2) is 6.86. The zero-order valence-electron chi connectivity index (χ0n) is 11.9. The Labute approximate surface area is 114 Å². The number of hydrogen-bond donors (Lipinski definition) is 3. The van der Waals surface area contributed by atoms with Crippen molar-refractivity contribution in [3.8, 4) is 0 Å². The molecule has 0 aromatic heterocycles. The highest BCUT2D eigenvalue weighted by Crippen LogP contribution is 2.31. The molecule has 1 aliphatic carbocycles. The van der Waals surface area contributed by atoms with Crippen LogP contribution in [0.2, 0.25) is 0 Å². The normalized spacial score (nSPS) is 20.0. The van der Waals surface area contributed by atoms with E-state index in [2.05, 4.69) is 10.2 Å². The van der Waals surface area contributed by atoms with Gasteiger partial charge in [-0.1, -0.05) is 19.3 Å². The van der Waals surface area contributed by atoms with E-state index in [1.165, 1.54) is 19.3 Å². The van der Waals surface area contributed by atoms with Gasteiger partial charge in [0.1, 0.15) is 0 Å². The minimum absolute atomic E-state index is 0.0142. The molecule has 0 aliphatic heterocycles. The Bertz CT molecular complexity index is 325. The van der Waals surface area contributed by atoms with E-state index in [0.29, 0.717) is 6.54 Å². The van der Waals surface area contributed by atoms with Gasteiger partial charge in [0.2, 0.25) is 11.8 Å². The van der Waals surface area contributed by atoms with Gasteiger partial charge in [0.05, 0.1) is 12.5 Å². The first-order chi connectivity index (χ1) is 8.87. The summed E-state index contributed by atoms with van der Waals surface area (Å²) < 4.78 is 0. The van der Waals surface area contributed by atoms with Crippen molar-refractivity contribution >= 4 is 11.8 Å². The molecule has 1 unspecified atom stereocenters. The van der Waals surface area contributed by atoms with E-state index in [0.717, 1.165) is 12.8 Å². The third-order valence-corrected chi connectivity index (χ3v) is 4.08. The molecular weight excluding hydrogens is 244 g/mol. The largest absolute Gasteiger partial charge is 0.370 e. The van der Waals surface area contributed by atoms with Crippen LogP contribution in [0.25, 0.3) is 0 Å². The third kappa shape index (κ3) is 4.47. The Kier molecular flexibility index (Phi) is 5.75. The summed E-state index contributed by atoms with van der Waals surface area (Å²) in [5.41, 5.74) is 10.7. The molecule has 0 radical (unpaired) electrons. The van der Waals surface area contributed by atoms with Gasteiger partial charge in [-0.05, 0) is 26.9 Å². The van der Waals surface area contributed by atoms with Gasteiger partial charge >= 0.3 is 0 Å². The Balaban J connectivity index is 2.52. The summed E-state index contributed by atoms with van der Waals surface area (Å²) >= 11 is 0. The van der Waals surface area contributed by atoms with Gasteiger partial charge < -0.3 is 21.7 Å². The third-order valence-electron chi connectivity index (χ3n) is 4.08. The van der Waals surface area contributed by atoms with Crippen molar-refractivity contribution in [2.75, 3.05) is 20.6 Å². The van der Waals surface area contributed by atoms with Crippen molar-refractivity contribution in [2.45, 2.75) is 50.1 Å². The first kappa shape index (κ1) is 15.9. The predicted octanol–water partition coefficient (Wildman–Crippen LogP) is -0.430.